The number of rotatable bonds is 2. The molecule has 0 bridgehead atoms. The molecule has 4 aliphatic carbocycles. The van der Waals surface area contributed by atoms with Crippen LogP contribution in [0.4, 0.5) is 0 Å². The molecular weight excluding hydrogens is 436 g/mol. The van der Waals surface area contributed by atoms with E-state index in [1.807, 2.05) is 0 Å². The van der Waals surface area contributed by atoms with E-state index in [1.54, 1.807) is 0 Å². The average molecular weight is 491 g/mol. The first-order valence-corrected chi connectivity index (χ1v) is 17.4. The van der Waals surface area contributed by atoms with Crippen LogP contribution in [0.5, 0.6) is 0 Å². The average Bonchev–Trinajstić information content (AvgIpc) is 3.14. The van der Waals surface area contributed by atoms with Gasteiger partial charge in [0.15, 0.2) is 14.1 Å². The molecular formula is C30H54O3Si. The lowest BCUT2D eigenvalue weighted by Gasteiger charge is -2.68. The van der Waals surface area contributed by atoms with Crippen molar-refractivity contribution in [3.63, 3.8) is 0 Å². The minimum atomic E-state index is -1.83. The van der Waals surface area contributed by atoms with Crippen molar-refractivity contribution in [3.05, 3.63) is 0 Å². The molecule has 4 heteroatoms. The largest absolute Gasteiger partial charge is 0.413 e. The Morgan fingerprint density at radius 3 is 2.09 bits per heavy atom. The summed E-state index contributed by atoms with van der Waals surface area (Å²) in [6.07, 6.45) is 10.1. The second kappa shape index (κ2) is 7.57. The summed E-state index contributed by atoms with van der Waals surface area (Å²) in [5.41, 5.74) is 0.858. The van der Waals surface area contributed by atoms with Crippen LogP contribution in [0.3, 0.4) is 0 Å². The van der Waals surface area contributed by atoms with E-state index in [-0.39, 0.29) is 28.1 Å². The molecule has 0 spiro atoms. The Morgan fingerprint density at radius 1 is 0.794 bits per heavy atom. The third-order valence-corrected chi connectivity index (χ3v) is 16.6. The summed E-state index contributed by atoms with van der Waals surface area (Å²) >= 11 is 0. The van der Waals surface area contributed by atoms with E-state index in [4.69, 9.17) is 13.9 Å². The van der Waals surface area contributed by atoms with Gasteiger partial charge in [-0.15, -0.1) is 0 Å². The molecule has 0 radical (unpaired) electrons. The number of hydrogen-bond acceptors (Lipinski definition) is 3. The van der Waals surface area contributed by atoms with Crippen molar-refractivity contribution in [1.82, 2.24) is 0 Å². The summed E-state index contributed by atoms with van der Waals surface area (Å²) in [6.45, 7) is 26.8. The Labute approximate surface area is 211 Å². The van der Waals surface area contributed by atoms with Crippen LogP contribution in [0, 0.1) is 39.9 Å². The SMILES string of the molecule is CC1(C)OC2C(O1)C1CCCC[C@]1(C)C1C2C2CCC(O[Si](C)(C)C(C)(C)C)[C@@]2(C)CC1(C)C. The van der Waals surface area contributed by atoms with Crippen molar-refractivity contribution in [2.75, 3.05) is 0 Å². The highest BCUT2D eigenvalue weighted by Crippen LogP contribution is 2.73. The molecule has 34 heavy (non-hydrogen) atoms. The molecule has 0 aromatic heterocycles. The fourth-order valence-electron chi connectivity index (χ4n) is 10.2. The van der Waals surface area contributed by atoms with Crippen molar-refractivity contribution in [2.45, 2.75) is 149 Å². The van der Waals surface area contributed by atoms with Crippen molar-refractivity contribution in [3.8, 4) is 0 Å². The molecule has 5 aliphatic rings. The fourth-order valence-corrected chi connectivity index (χ4v) is 11.6. The quantitative estimate of drug-likeness (QED) is 0.365. The van der Waals surface area contributed by atoms with E-state index in [2.05, 4.69) is 75.4 Å². The third-order valence-electron chi connectivity index (χ3n) is 12.1. The molecule has 0 aromatic carbocycles. The Morgan fingerprint density at radius 2 is 1.44 bits per heavy atom. The predicted octanol–water partition coefficient (Wildman–Crippen LogP) is 8.19. The molecule has 1 heterocycles. The molecule has 1 saturated heterocycles. The standard InChI is InChI=1S/C30H54O3Si/c1-26(2,3)34(10,11)33-21-16-15-19-22-24-23(31-28(6,7)32-24)20-14-12-13-17-29(20,8)25(22)27(4,5)18-30(19,21)9/h19-25H,12-18H2,1-11H3/t19?,20?,21?,22?,23?,24?,25?,29-,30-/m0/s1. The maximum atomic E-state index is 7.26. The Hall–Kier alpha value is 0.0969. The van der Waals surface area contributed by atoms with Crippen LogP contribution in [0.1, 0.15) is 107 Å². The normalized spacial score (nSPS) is 49.7. The van der Waals surface area contributed by atoms with Crippen LogP contribution in [-0.2, 0) is 13.9 Å². The van der Waals surface area contributed by atoms with Crippen molar-refractivity contribution in [1.29, 1.82) is 0 Å². The van der Waals surface area contributed by atoms with Gasteiger partial charge in [-0.3, -0.25) is 0 Å². The van der Waals surface area contributed by atoms with E-state index in [0.29, 0.717) is 35.2 Å². The van der Waals surface area contributed by atoms with Gasteiger partial charge in [0.25, 0.3) is 0 Å². The molecule has 9 atom stereocenters. The summed E-state index contributed by atoms with van der Waals surface area (Å²) in [6, 6.07) is 0. The van der Waals surface area contributed by atoms with Crippen LogP contribution in [0.25, 0.3) is 0 Å². The van der Waals surface area contributed by atoms with Crippen LogP contribution in [-0.4, -0.2) is 32.4 Å². The van der Waals surface area contributed by atoms with E-state index in [9.17, 15) is 0 Å². The summed E-state index contributed by atoms with van der Waals surface area (Å²) < 4.78 is 20.9. The number of ether oxygens (including phenoxy) is 2. The molecule has 5 rings (SSSR count). The van der Waals surface area contributed by atoms with Gasteiger partial charge >= 0.3 is 0 Å². The summed E-state index contributed by atoms with van der Waals surface area (Å²) in [7, 11) is -1.83. The van der Waals surface area contributed by atoms with Crippen molar-refractivity contribution < 1.29 is 13.9 Å². The zero-order valence-corrected chi connectivity index (χ0v) is 25.2. The lowest BCUT2D eigenvalue weighted by atomic mass is 9.38. The lowest BCUT2D eigenvalue weighted by molar-refractivity contribution is -0.225. The zero-order chi connectivity index (χ0) is 25.1. The van der Waals surface area contributed by atoms with Crippen LogP contribution < -0.4 is 0 Å². The first kappa shape index (κ1) is 25.7. The fraction of sp³-hybridized carbons (Fsp3) is 1.00. The Balaban J connectivity index is 1.57. The van der Waals surface area contributed by atoms with Gasteiger partial charge in [-0.25, -0.2) is 0 Å². The number of fused-ring (bicyclic) bond motifs is 8. The Bertz CT molecular complexity index is 812. The number of hydrogen-bond donors (Lipinski definition) is 0. The zero-order valence-electron chi connectivity index (χ0n) is 24.2. The molecule has 4 saturated carbocycles. The van der Waals surface area contributed by atoms with Gasteiger partial charge in [0.05, 0.1) is 18.3 Å². The smallest absolute Gasteiger partial charge is 0.192 e. The minimum absolute atomic E-state index is 0.221. The molecule has 196 valence electrons. The van der Waals surface area contributed by atoms with E-state index >= 15 is 0 Å². The monoisotopic (exact) mass is 490 g/mol. The molecule has 0 N–H and O–H groups in total. The van der Waals surface area contributed by atoms with Crippen LogP contribution in [0.2, 0.25) is 18.1 Å². The summed E-state index contributed by atoms with van der Waals surface area (Å²) in [5.74, 6) is 2.13. The highest BCUT2D eigenvalue weighted by Gasteiger charge is 2.72. The second-order valence-electron chi connectivity index (χ2n) is 16.2. The van der Waals surface area contributed by atoms with Gasteiger partial charge in [-0.05, 0) is 104 Å². The van der Waals surface area contributed by atoms with Crippen LogP contribution >= 0.6 is 0 Å². The van der Waals surface area contributed by atoms with E-state index in [0.717, 1.165) is 0 Å². The topological polar surface area (TPSA) is 27.7 Å². The Kier molecular flexibility index (Phi) is 5.73. The lowest BCUT2D eigenvalue weighted by Crippen LogP contribution is -2.67. The molecule has 0 amide bonds. The molecule has 1 aliphatic heterocycles. The van der Waals surface area contributed by atoms with Crippen molar-refractivity contribution >= 4 is 8.32 Å². The molecule has 0 aromatic rings. The third kappa shape index (κ3) is 3.58. The first-order chi connectivity index (χ1) is 15.4. The minimum Gasteiger partial charge on any atom is -0.413 e. The predicted molar refractivity (Wildman–Crippen MR) is 142 cm³/mol. The van der Waals surface area contributed by atoms with Gasteiger partial charge < -0.3 is 13.9 Å². The van der Waals surface area contributed by atoms with E-state index in [1.165, 1.54) is 44.9 Å². The molecule has 5 fully saturated rings. The maximum absolute atomic E-state index is 7.26. The second-order valence-corrected chi connectivity index (χ2v) is 21.0. The van der Waals surface area contributed by atoms with Crippen molar-refractivity contribution in [2.24, 2.45) is 39.9 Å². The molecule has 7 unspecified atom stereocenters. The molecule has 3 nitrogen and oxygen atoms in total. The van der Waals surface area contributed by atoms with Gasteiger partial charge in [0.2, 0.25) is 0 Å². The maximum Gasteiger partial charge on any atom is 0.192 e. The summed E-state index contributed by atoms with van der Waals surface area (Å²) in [4.78, 5) is 0. The van der Waals surface area contributed by atoms with Gasteiger partial charge in [0, 0.05) is 0 Å². The van der Waals surface area contributed by atoms with Crippen LogP contribution in [0.15, 0.2) is 0 Å². The van der Waals surface area contributed by atoms with Gasteiger partial charge in [0.1, 0.15) is 0 Å². The summed E-state index contributed by atoms with van der Waals surface area (Å²) in [5, 5.41) is 0.249. The van der Waals surface area contributed by atoms with Gasteiger partial charge in [-0.1, -0.05) is 61.3 Å². The van der Waals surface area contributed by atoms with Gasteiger partial charge in [-0.2, -0.15) is 0 Å². The highest BCUT2D eigenvalue weighted by atomic mass is 28.4. The highest BCUT2D eigenvalue weighted by molar-refractivity contribution is 6.74. The first-order valence-electron chi connectivity index (χ1n) is 14.5. The van der Waals surface area contributed by atoms with E-state index < -0.39 is 14.1 Å².